The molecule has 16 heavy (non-hydrogen) atoms. The van der Waals surface area contributed by atoms with Crippen LogP contribution in [0.1, 0.15) is 43.5 Å². The van der Waals surface area contributed by atoms with E-state index >= 15 is 0 Å². The van der Waals surface area contributed by atoms with Crippen molar-refractivity contribution in [3.8, 4) is 0 Å². The molecule has 1 heterocycles. The van der Waals surface area contributed by atoms with Gasteiger partial charge in [0, 0.05) is 23.6 Å². The van der Waals surface area contributed by atoms with E-state index in [1.54, 1.807) is 11.3 Å². The number of nitrogens with one attached hydrogen (secondary N) is 1. The van der Waals surface area contributed by atoms with Crippen molar-refractivity contribution < 1.29 is 5.11 Å². The molecule has 1 aliphatic carbocycles. The molecule has 0 aromatic carbocycles. The number of aliphatic hydroxyl groups excluding tert-OH is 1. The smallest absolute Gasteiger partial charge is 0.0449 e. The summed E-state index contributed by atoms with van der Waals surface area (Å²) in [5.74, 6) is 0.779. The molecule has 2 rings (SSSR count). The van der Waals surface area contributed by atoms with Gasteiger partial charge in [-0.05, 0) is 36.6 Å². The van der Waals surface area contributed by atoms with Crippen LogP contribution >= 0.6 is 11.3 Å². The quantitative estimate of drug-likeness (QED) is 0.828. The molecule has 0 saturated heterocycles. The van der Waals surface area contributed by atoms with Gasteiger partial charge in [0.2, 0.25) is 0 Å². The molecule has 0 radical (unpaired) electrons. The van der Waals surface area contributed by atoms with E-state index in [1.165, 1.54) is 24.1 Å². The van der Waals surface area contributed by atoms with Crippen LogP contribution in [0.2, 0.25) is 0 Å². The van der Waals surface area contributed by atoms with E-state index < -0.39 is 0 Å². The molecular formula is C13H21NOS. The first kappa shape index (κ1) is 12.1. The molecule has 1 aromatic rings. The number of thiophene rings is 1. The lowest BCUT2D eigenvalue weighted by atomic mass is 10.0. The van der Waals surface area contributed by atoms with E-state index in [0.29, 0.717) is 12.1 Å². The van der Waals surface area contributed by atoms with E-state index in [0.717, 1.165) is 12.3 Å². The first-order valence-corrected chi connectivity index (χ1v) is 7.09. The zero-order valence-corrected chi connectivity index (χ0v) is 10.7. The molecular weight excluding hydrogens is 218 g/mol. The van der Waals surface area contributed by atoms with Gasteiger partial charge in [-0.15, -0.1) is 11.3 Å². The molecule has 2 N–H and O–H groups in total. The van der Waals surface area contributed by atoms with Crippen LogP contribution in [0.25, 0.3) is 0 Å². The van der Waals surface area contributed by atoms with Crippen LogP contribution in [-0.2, 0) is 0 Å². The molecule has 3 atom stereocenters. The fourth-order valence-electron chi connectivity index (χ4n) is 2.58. The van der Waals surface area contributed by atoms with E-state index in [4.69, 9.17) is 5.11 Å². The first-order valence-electron chi connectivity index (χ1n) is 6.21. The molecule has 2 nitrogen and oxygen atoms in total. The molecule has 1 saturated carbocycles. The normalized spacial score (nSPS) is 27.1. The Morgan fingerprint density at radius 1 is 1.56 bits per heavy atom. The second kappa shape index (κ2) is 5.80. The third-order valence-electron chi connectivity index (χ3n) is 3.58. The monoisotopic (exact) mass is 239 g/mol. The fourth-order valence-corrected chi connectivity index (χ4v) is 3.40. The first-order chi connectivity index (χ1) is 7.81. The van der Waals surface area contributed by atoms with Gasteiger partial charge in [0.15, 0.2) is 0 Å². The highest BCUT2D eigenvalue weighted by molar-refractivity contribution is 7.10. The van der Waals surface area contributed by atoms with Crippen molar-refractivity contribution in [2.75, 3.05) is 6.61 Å². The molecule has 1 aliphatic rings. The van der Waals surface area contributed by atoms with E-state index in [1.807, 2.05) is 0 Å². The molecule has 3 heteroatoms. The number of hydrogen-bond acceptors (Lipinski definition) is 3. The van der Waals surface area contributed by atoms with Crippen LogP contribution < -0.4 is 5.32 Å². The maximum atomic E-state index is 9.14. The van der Waals surface area contributed by atoms with Crippen molar-refractivity contribution in [3.05, 3.63) is 22.4 Å². The van der Waals surface area contributed by atoms with E-state index in [2.05, 4.69) is 29.8 Å². The van der Waals surface area contributed by atoms with Gasteiger partial charge in [-0.3, -0.25) is 0 Å². The highest BCUT2D eigenvalue weighted by Crippen LogP contribution is 2.29. The predicted octanol–water partition coefficient (Wildman–Crippen LogP) is 2.95. The van der Waals surface area contributed by atoms with Gasteiger partial charge in [0.25, 0.3) is 0 Å². The van der Waals surface area contributed by atoms with Crippen LogP contribution in [0.4, 0.5) is 0 Å². The zero-order valence-electron chi connectivity index (χ0n) is 9.86. The standard InChI is InChI=1S/C13H21NOS/c1-10-4-2-5-11(10)14-12(7-8-15)13-6-3-9-16-13/h3,6,9-12,14-15H,2,4-5,7-8H2,1H3. The fraction of sp³-hybridized carbons (Fsp3) is 0.692. The van der Waals surface area contributed by atoms with E-state index in [9.17, 15) is 0 Å². The molecule has 1 aromatic heterocycles. The molecule has 3 unspecified atom stereocenters. The Morgan fingerprint density at radius 2 is 2.44 bits per heavy atom. The maximum absolute atomic E-state index is 9.14. The number of aliphatic hydroxyl groups is 1. The summed E-state index contributed by atoms with van der Waals surface area (Å²) < 4.78 is 0. The van der Waals surface area contributed by atoms with Crippen molar-refractivity contribution in [3.63, 3.8) is 0 Å². The van der Waals surface area contributed by atoms with Crippen molar-refractivity contribution in [1.29, 1.82) is 0 Å². The Bertz CT molecular complexity index is 299. The number of rotatable bonds is 5. The highest BCUT2D eigenvalue weighted by atomic mass is 32.1. The van der Waals surface area contributed by atoms with Crippen LogP contribution in [0, 0.1) is 5.92 Å². The molecule has 90 valence electrons. The molecule has 0 spiro atoms. The van der Waals surface area contributed by atoms with Crippen LogP contribution in [0.15, 0.2) is 17.5 Å². The summed E-state index contributed by atoms with van der Waals surface area (Å²) in [6.07, 6.45) is 4.79. The minimum atomic E-state index is 0.261. The van der Waals surface area contributed by atoms with E-state index in [-0.39, 0.29) is 6.61 Å². The number of hydrogen-bond donors (Lipinski definition) is 2. The average molecular weight is 239 g/mol. The Balaban J connectivity index is 1.97. The van der Waals surface area contributed by atoms with Gasteiger partial charge >= 0.3 is 0 Å². The molecule has 0 bridgehead atoms. The highest BCUT2D eigenvalue weighted by Gasteiger charge is 2.26. The topological polar surface area (TPSA) is 32.3 Å². The second-order valence-electron chi connectivity index (χ2n) is 4.76. The van der Waals surface area contributed by atoms with Gasteiger partial charge in [-0.2, -0.15) is 0 Å². The lowest BCUT2D eigenvalue weighted by Gasteiger charge is -2.24. The Morgan fingerprint density at radius 3 is 3.00 bits per heavy atom. The largest absolute Gasteiger partial charge is 0.396 e. The Labute approximate surface area is 102 Å². The summed E-state index contributed by atoms with van der Waals surface area (Å²) in [4.78, 5) is 1.35. The summed E-state index contributed by atoms with van der Waals surface area (Å²) in [5, 5.41) is 15.0. The summed E-state index contributed by atoms with van der Waals surface area (Å²) in [6.45, 7) is 2.59. The molecule has 1 fully saturated rings. The van der Waals surface area contributed by atoms with Crippen molar-refractivity contribution >= 4 is 11.3 Å². The van der Waals surface area contributed by atoms with Crippen LogP contribution in [0.5, 0.6) is 0 Å². The van der Waals surface area contributed by atoms with Crippen molar-refractivity contribution in [2.24, 2.45) is 5.92 Å². The summed E-state index contributed by atoms with van der Waals surface area (Å²) in [7, 11) is 0. The molecule has 0 aliphatic heterocycles. The lowest BCUT2D eigenvalue weighted by molar-refractivity contribution is 0.254. The summed E-state index contributed by atoms with van der Waals surface area (Å²) in [6, 6.07) is 5.23. The third kappa shape index (κ3) is 2.84. The maximum Gasteiger partial charge on any atom is 0.0449 e. The van der Waals surface area contributed by atoms with Gasteiger partial charge in [0.05, 0.1) is 0 Å². The van der Waals surface area contributed by atoms with Gasteiger partial charge in [-0.25, -0.2) is 0 Å². The minimum Gasteiger partial charge on any atom is -0.396 e. The van der Waals surface area contributed by atoms with Crippen LogP contribution in [-0.4, -0.2) is 17.8 Å². The SMILES string of the molecule is CC1CCCC1NC(CCO)c1cccs1. The summed E-state index contributed by atoms with van der Waals surface area (Å²) in [5.41, 5.74) is 0. The van der Waals surface area contributed by atoms with Gasteiger partial charge in [-0.1, -0.05) is 19.4 Å². The zero-order chi connectivity index (χ0) is 11.4. The third-order valence-corrected chi connectivity index (χ3v) is 4.57. The van der Waals surface area contributed by atoms with Crippen LogP contribution in [0.3, 0.4) is 0 Å². The predicted molar refractivity (Wildman–Crippen MR) is 68.7 cm³/mol. The summed E-state index contributed by atoms with van der Waals surface area (Å²) >= 11 is 1.78. The molecule has 0 amide bonds. The second-order valence-corrected chi connectivity index (χ2v) is 5.74. The van der Waals surface area contributed by atoms with Gasteiger partial charge in [0.1, 0.15) is 0 Å². The van der Waals surface area contributed by atoms with Gasteiger partial charge < -0.3 is 10.4 Å². The minimum absolute atomic E-state index is 0.261. The Hall–Kier alpha value is -0.380. The average Bonchev–Trinajstić information content (AvgIpc) is 2.90. The Kier molecular flexibility index (Phi) is 4.38. The lowest BCUT2D eigenvalue weighted by Crippen LogP contribution is -2.34. The van der Waals surface area contributed by atoms with Crippen molar-refractivity contribution in [1.82, 2.24) is 5.32 Å². The van der Waals surface area contributed by atoms with Crippen molar-refractivity contribution in [2.45, 2.75) is 44.7 Å².